The van der Waals surface area contributed by atoms with Crippen molar-refractivity contribution < 1.29 is 4.79 Å². The molecule has 1 aromatic heterocycles. The van der Waals surface area contributed by atoms with Crippen molar-refractivity contribution in [3.05, 3.63) is 49.0 Å². The molecule has 1 atom stereocenters. The largest absolute Gasteiger partial charge is 0.324 e. The number of halogens is 2. The monoisotopic (exact) mass is 400 g/mol. The summed E-state index contributed by atoms with van der Waals surface area (Å²) in [7, 11) is 0. The Morgan fingerprint density at radius 1 is 1.26 bits per heavy atom. The zero-order valence-corrected chi connectivity index (χ0v) is 13.7. The predicted octanol–water partition coefficient (Wildman–Crippen LogP) is 4.06. The van der Waals surface area contributed by atoms with Gasteiger partial charge in [-0.2, -0.15) is 0 Å². The Kier molecular flexibility index (Phi) is 3.75. The van der Waals surface area contributed by atoms with Gasteiger partial charge in [0.15, 0.2) is 0 Å². The molecule has 0 fully saturated rings. The topological polar surface area (TPSA) is 41.1 Å². The third-order valence-electron chi connectivity index (χ3n) is 2.96. The second kappa shape index (κ2) is 5.36. The number of hydrogen-bond acceptors (Lipinski definition) is 3. The van der Waals surface area contributed by atoms with Crippen molar-refractivity contribution in [3.63, 3.8) is 0 Å². The fraction of sp³-hybridized carbons (Fsp3) is 0.154. The van der Waals surface area contributed by atoms with E-state index in [1.165, 1.54) is 4.88 Å². The Bertz CT molecular complexity index is 641. The highest BCUT2D eigenvalue weighted by atomic mass is 79.9. The Balaban J connectivity index is 1.77. The van der Waals surface area contributed by atoms with Gasteiger partial charge in [-0.3, -0.25) is 10.1 Å². The van der Waals surface area contributed by atoms with Crippen LogP contribution in [-0.2, 0) is 11.3 Å². The van der Waals surface area contributed by atoms with Gasteiger partial charge < -0.3 is 5.32 Å². The molecular formula is C13H10Br2N2OS. The van der Waals surface area contributed by atoms with Crippen LogP contribution < -0.4 is 10.6 Å². The second-order valence-corrected chi connectivity index (χ2v) is 7.70. The fourth-order valence-electron chi connectivity index (χ4n) is 2.09. The molecule has 1 aliphatic heterocycles. The number of hydrogen-bond donors (Lipinski definition) is 2. The minimum Gasteiger partial charge on any atom is -0.324 e. The van der Waals surface area contributed by atoms with Crippen molar-refractivity contribution in [1.29, 1.82) is 0 Å². The quantitative estimate of drug-likeness (QED) is 0.814. The molecule has 0 saturated carbocycles. The molecule has 2 heterocycles. The van der Waals surface area contributed by atoms with Gasteiger partial charge in [0.05, 0.1) is 3.79 Å². The first kappa shape index (κ1) is 13.3. The summed E-state index contributed by atoms with van der Waals surface area (Å²) in [6.45, 7) is 0.684. The highest BCUT2D eigenvalue weighted by molar-refractivity contribution is 9.11. The van der Waals surface area contributed by atoms with Crippen LogP contribution in [-0.4, -0.2) is 5.91 Å². The smallest absolute Gasteiger partial charge is 0.246 e. The van der Waals surface area contributed by atoms with Gasteiger partial charge in [0, 0.05) is 27.1 Å². The number of fused-ring (bicyclic) bond motifs is 1. The molecule has 2 aromatic rings. The molecule has 3 rings (SSSR count). The van der Waals surface area contributed by atoms with Crippen LogP contribution in [0.15, 0.2) is 38.6 Å². The number of amides is 1. The van der Waals surface area contributed by atoms with E-state index >= 15 is 0 Å². The average molecular weight is 402 g/mol. The van der Waals surface area contributed by atoms with E-state index in [2.05, 4.69) is 48.6 Å². The lowest BCUT2D eigenvalue weighted by atomic mass is 10.1. The van der Waals surface area contributed by atoms with Gasteiger partial charge in [-0.1, -0.05) is 22.0 Å². The van der Waals surface area contributed by atoms with Crippen LogP contribution in [0.5, 0.6) is 0 Å². The summed E-state index contributed by atoms with van der Waals surface area (Å²) in [6.07, 6.45) is 0. The molecule has 0 bridgehead atoms. The van der Waals surface area contributed by atoms with Crippen LogP contribution >= 0.6 is 43.2 Å². The number of nitrogens with one attached hydrogen (secondary N) is 2. The van der Waals surface area contributed by atoms with Crippen molar-refractivity contribution in [2.24, 2.45) is 0 Å². The van der Waals surface area contributed by atoms with Crippen molar-refractivity contribution in [1.82, 2.24) is 5.32 Å². The fourth-order valence-corrected chi connectivity index (χ4v) is 3.88. The Hall–Kier alpha value is -0.690. The zero-order chi connectivity index (χ0) is 13.4. The van der Waals surface area contributed by atoms with E-state index < -0.39 is 0 Å². The minimum absolute atomic E-state index is 0.00345. The van der Waals surface area contributed by atoms with Crippen molar-refractivity contribution in [2.75, 3.05) is 5.32 Å². The molecule has 0 saturated heterocycles. The molecule has 1 aliphatic rings. The van der Waals surface area contributed by atoms with Crippen LogP contribution in [0.3, 0.4) is 0 Å². The van der Waals surface area contributed by atoms with Gasteiger partial charge in [-0.05, 0) is 40.2 Å². The number of anilines is 1. The SMILES string of the molecule is O=C1Nc2cc(Br)ccc2C1NCc1ccc(Br)s1. The highest BCUT2D eigenvalue weighted by Crippen LogP contribution is 2.33. The van der Waals surface area contributed by atoms with Gasteiger partial charge in [-0.15, -0.1) is 11.3 Å². The van der Waals surface area contributed by atoms with Crippen LogP contribution in [0.25, 0.3) is 0 Å². The molecule has 6 heteroatoms. The third kappa shape index (κ3) is 2.76. The van der Waals surface area contributed by atoms with Crippen molar-refractivity contribution in [2.45, 2.75) is 12.6 Å². The molecule has 0 spiro atoms. The van der Waals surface area contributed by atoms with E-state index in [1.807, 2.05) is 24.3 Å². The van der Waals surface area contributed by atoms with E-state index in [9.17, 15) is 4.79 Å². The standard InChI is InChI=1S/C13H10Br2N2OS/c14-7-1-3-9-10(5-7)17-13(18)12(9)16-6-8-2-4-11(15)19-8/h1-5,12,16H,6H2,(H,17,18). The molecule has 1 unspecified atom stereocenters. The number of carbonyl (C=O) groups is 1. The summed E-state index contributed by atoms with van der Waals surface area (Å²) >= 11 is 8.52. The Morgan fingerprint density at radius 3 is 2.84 bits per heavy atom. The maximum absolute atomic E-state index is 12.0. The van der Waals surface area contributed by atoms with Gasteiger partial charge in [0.2, 0.25) is 5.91 Å². The van der Waals surface area contributed by atoms with Gasteiger partial charge in [-0.25, -0.2) is 0 Å². The first-order valence-electron chi connectivity index (χ1n) is 5.71. The molecule has 2 N–H and O–H groups in total. The maximum atomic E-state index is 12.0. The van der Waals surface area contributed by atoms with Crippen LogP contribution in [0.4, 0.5) is 5.69 Å². The summed E-state index contributed by atoms with van der Waals surface area (Å²) in [4.78, 5) is 13.2. The van der Waals surface area contributed by atoms with E-state index in [-0.39, 0.29) is 11.9 Å². The molecule has 1 aromatic carbocycles. The molecule has 0 aliphatic carbocycles. The first-order chi connectivity index (χ1) is 9.13. The van der Waals surface area contributed by atoms with Gasteiger partial charge in [0.25, 0.3) is 0 Å². The van der Waals surface area contributed by atoms with Crippen molar-refractivity contribution in [3.8, 4) is 0 Å². The highest BCUT2D eigenvalue weighted by Gasteiger charge is 2.29. The lowest BCUT2D eigenvalue weighted by Crippen LogP contribution is -2.26. The number of carbonyl (C=O) groups excluding carboxylic acids is 1. The van der Waals surface area contributed by atoms with Gasteiger partial charge >= 0.3 is 0 Å². The first-order valence-corrected chi connectivity index (χ1v) is 8.11. The second-order valence-electron chi connectivity index (χ2n) is 4.24. The Morgan fingerprint density at radius 2 is 2.11 bits per heavy atom. The molecule has 1 amide bonds. The van der Waals surface area contributed by atoms with E-state index in [4.69, 9.17) is 0 Å². The maximum Gasteiger partial charge on any atom is 0.246 e. The summed E-state index contributed by atoms with van der Waals surface area (Å²) in [5.41, 5.74) is 1.88. The molecule has 19 heavy (non-hydrogen) atoms. The predicted molar refractivity (Wildman–Crippen MR) is 84.4 cm³/mol. The molecule has 3 nitrogen and oxygen atoms in total. The number of thiophene rings is 1. The van der Waals surface area contributed by atoms with Crippen LogP contribution in [0.2, 0.25) is 0 Å². The van der Waals surface area contributed by atoms with E-state index in [0.717, 1.165) is 19.5 Å². The minimum atomic E-state index is -0.274. The summed E-state index contributed by atoms with van der Waals surface area (Å²) in [6, 6.07) is 9.65. The summed E-state index contributed by atoms with van der Waals surface area (Å²) in [5, 5.41) is 6.19. The summed E-state index contributed by atoms with van der Waals surface area (Å²) in [5.74, 6) is 0.00345. The normalized spacial score (nSPS) is 17.4. The lowest BCUT2D eigenvalue weighted by Gasteiger charge is -2.10. The summed E-state index contributed by atoms with van der Waals surface area (Å²) < 4.78 is 2.07. The van der Waals surface area contributed by atoms with Crippen LogP contribution in [0, 0.1) is 0 Å². The van der Waals surface area contributed by atoms with Crippen LogP contribution in [0.1, 0.15) is 16.5 Å². The zero-order valence-electron chi connectivity index (χ0n) is 9.74. The molecular weight excluding hydrogens is 392 g/mol. The lowest BCUT2D eigenvalue weighted by molar-refractivity contribution is -0.117. The molecule has 0 radical (unpaired) electrons. The third-order valence-corrected chi connectivity index (χ3v) is 5.07. The molecule has 98 valence electrons. The number of rotatable bonds is 3. The number of benzene rings is 1. The Labute approximate surface area is 131 Å². The van der Waals surface area contributed by atoms with E-state index in [1.54, 1.807) is 11.3 Å². The average Bonchev–Trinajstić information content (AvgIpc) is 2.89. The van der Waals surface area contributed by atoms with Crippen molar-refractivity contribution >= 4 is 54.8 Å². The van der Waals surface area contributed by atoms with E-state index in [0.29, 0.717) is 6.54 Å². The van der Waals surface area contributed by atoms with Gasteiger partial charge in [0.1, 0.15) is 6.04 Å².